The van der Waals surface area contributed by atoms with Crippen molar-refractivity contribution in [2.75, 3.05) is 6.54 Å². The average molecular weight is 259 g/mol. The molecular formula is C14H17N3S. The molecule has 1 atom stereocenters. The van der Waals surface area contributed by atoms with E-state index in [0.717, 1.165) is 18.8 Å². The van der Waals surface area contributed by atoms with Gasteiger partial charge >= 0.3 is 0 Å². The Hall–Kier alpha value is -1.57. The number of rotatable bonds is 5. The standard InChI is InChI=1S/C14H17N3S/c1-3-4-5-8-15-13(12-7-6-11-18-12)14-16-9-10-17(14)2/h6-7,9-11,13,15H,5,8H2,1-2H3. The van der Waals surface area contributed by atoms with E-state index in [9.17, 15) is 0 Å². The van der Waals surface area contributed by atoms with Gasteiger partial charge in [-0.2, -0.15) is 0 Å². The molecule has 2 aromatic rings. The number of imidazole rings is 1. The average Bonchev–Trinajstić information content (AvgIpc) is 3.01. The molecule has 2 heterocycles. The largest absolute Gasteiger partial charge is 0.336 e. The minimum Gasteiger partial charge on any atom is -0.336 e. The monoisotopic (exact) mass is 259 g/mol. The van der Waals surface area contributed by atoms with E-state index in [0.29, 0.717) is 0 Å². The summed E-state index contributed by atoms with van der Waals surface area (Å²) in [6.45, 7) is 2.74. The summed E-state index contributed by atoms with van der Waals surface area (Å²) >= 11 is 1.75. The van der Waals surface area contributed by atoms with Crippen molar-refractivity contribution in [2.45, 2.75) is 19.4 Å². The second-order valence-electron chi connectivity index (χ2n) is 3.98. The molecule has 0 aliphatic carbocycles. The summed E-state index contributed by atoms with van der Waals surface area (Å²) in [4.78, 5) is 5.73. The molecule has 0 fully saturated rings. The van der Waals surface area contributed by atoms with Crippen molar-refractivity contribution >= 4 is 11.3 Å². The normalized spacial score (nSPS) is 11.9. The van der Waals surface area contributed by atoms with E-state index < -0.39 is 0 Å². The van der Waals surface area contributed by atoms with Gasteiger partial charge in [-0.3, -0.25) is 0 Å². The van der Waals surface area contributed by atoms with Crippen molar-refractivity contribution in [3.05, 3.63) is 40.6 Å². The van der Waals surface area contributed by atoms with E-state index in [1.807, 2.05) is 26.4 Å². The number of aromatic nitrogens is 2. The number of hydrogen-bond acceptors (Lipinski definition) is 3. The van der Waals surface area contributed by atoms with E-state index in [1.165, 1.54) is 4.88 Å². The Bertz CT molecular complexity index is 531. The molecule has 3 nitrogen and oxygen atoms in total. The lowest BCUT2D eigenvalue weighted by atomic mass is 10.2. The number of nitrogens with one attached hydrogen (secondary N) is 1. The van der Waals surface area contributed by atoms with Gasteiger partial charge < -0.3 is 9.88 Å². The Labute approximate surface area is 112 Å². The zero-order valence-corrected chi connectivity index (χ0v) is 11.5. The van der Waals surface area contributed by atoms with E-state index in [1.54, 1.807) is 11.3 Å². The maximum atomic E-state index is 4.44. The van der Waals surface area contributed by atoms with Crippen LogP contribution in [0.5, 0.6) is 0 Å². The highest BCUT2D eigenvalue weighted by molar-refractivity contribution is 7.10. The Morgan fingerprint density at radius 2 is 2.44 bits per heavy atom. The molecule has 1 N–H and O–H groups in total. The molecule has 0 radical (unpaired) electrons. The third-order valence-corrected chi connectivity index (χ3v) is 3.66. The number of thiophene rings is 1. The van der Waals surface area contributed by atoms with Gasteiger partial charge in [0, 0.05) is 37.3 Å². The molecule has 0 saturated carbocycles. The van der Waals surface area contributed by atoms with Crippen molar-refractivity contribution < 1.29 is 0 Å². The molecule has 0 aliphatic heterocycles. The number of nitrogens with zero attached hydrogens (tertiary/aromatic N) is 2. The lowest BCUT2D eigenvalue weighted by Gasteiger charge is -2.16. The minimum absolute atomic E-state index is 0.156. The van der Waals surface area contributed by atoms with Gasteiger partial charge in [0.2, 0.25) is 0 Å². The van der Waals surface area contributed by atoms with E-state index in [2.05, 4.69) is 44.2 Å². The second-order valence-corrected chi connectivity index (χ2v) is 4.95. The molecule has 18 heavy (non-hydrogen) atoms. The van der Waals surface area contributed by atoms with E-state index >= 15 is 0 Å². The summed E-state index contributed by atoms with van der Waals surface area (Å²) in [5.41, 5.74) is 0. The molecule has 94 valence electrons. The molecule has 2 rings (SSSR count). The first-order valence-electron chi connectivity index (χ1n) is 5.96. The van der Waals surface area contributed by atoms with Gasteiger partial charge in [0.25, 0.3) is 0 Å². The fourth-order valence-electron chi connectivity index (χ4n) is 1.83. The van der Waals surface area contributed by atoms with Crippen LogP contribution < -0.4 is 5.32 Å². The zero-order valence-electron chi connectivity index (χ0n) is 10.7. The Balaban J connectivity index is 2.13. The molecule has 0 aliphatic rings. The zero-order chi connectivity index (χ0) is 12.8. The van der Waals surface area contributed by atoms with Crippen LogP contribution in [0.1, 0.15) is 30.1 Å². The van der Waals surface area contributed by atoms with Gasteiger partial charge in [-0.05, 0) is 18.4 Å². The first-order valence-corrected chi connectivity index (χ1v) is 6.84. The summed E-state index contributed by atoms with van der Waals surface area (Å²) in [7, 11) is 2.02. The lowest BCUT2D eigenvalue weighted by molar-refractivity contribution is 0.573. The highest BCUT2D eigenvalue weighted by atomic mass is 32.1. The van der Waals surface area contributed by atoms with Crippen LogP contribution in [0.4, 0.5) is 0 Å². The predicted molar refractivity (Wildman–Crippen MR) is 75.4 cm³/mol. The summed E-state index contributed by atoms with van der Waals surface area (Å²) in [6, 6.07) is 4.37. The van der Waals surface area contributed by atoms with Crippen LogP contribution in [0, 0.1) is 11.8 Å². The summed E-state index contributed by atoms with van der Waals surface area (Å²) in [6.07, 6.45) is 4.68. The fraction of sp³-hybridized carbons (Fsp3) is 0.357. The minimum atomic E-state index is 0.156. The van der Waals surface area contributed by atoms with Crippen molar-refractivity contribution in [1.29, 1.82) is 0 Å². The summed E-state index contributed by atoms with van der Waals surface area (Å²) in [5, 5.41) is 5.62. The van der Waals surface area contributed by atoms with Gasteiger partial charge in [-0.15, -0.1) is 23.2 Å². The molecule has 0 saturated heterocycles. The summed E-state index contributed by atoms with van der Waals surface area (Å²) < 4.78 is 2.06. The van der Waals surface area contributed by atoms with Crippen LogP contribution in [0.3, 0.4) is 0 Å². The molecule has 0 amide bonds. The smallest absolute Gasteiger partial charge is 0.131 e. The van der Waals surface area contributed by atoms with Gasteiger partial charge in [0.05, 0.1) is 0 Å². The topological polar surface area (TPSA) is 29.9 Å². The Kier molecular flexibility index (Phi) is 4.57. The molecule has 2 aromatic heterocycles. The Morgan fingerprint density at radius 1 is 1.56 bits per heavy atom. The molecule has 4 heteroatoms. The van der Waals surface area contributed by atoms with Crippen LogP contribution >= 0.6 is 11.3 Å². The SMILES string of the molecule is CC#CCCNC(c1cccs1)c1nccn1C. The molecule has 1 unspecified atom stereocenters. The van der Waals surface area contributed by atoms with Crippen LogP contribution in [-0.2, 0) is 7.05 Å². The van der Waals surface area contributed by atoms with Crippen LogP contribution in [-0.4, -0.2) is 16.1 Å². The number of hydrogen-bond donors (Lipinski definition) is 1. The van der Waals surface area contributed by atoms with E-state index in [4.69, 9.17) is 0 Å². The van der Waals surface area contributed by atoms with Crippen molar-refractivity contribution in [3.8, 4) is 11.8 Å². The highest BCUT2D eigenvalue weighted by Gasteiger charge is 2.18. The van der Waals surface area contributed by atoms with Crippen LogP contribution in [0.2, 0.25) is 0 Å². The first kappa shape index (κ1) is 12.9. The second kappa shape index (κ2) is 6.39. The highest BCUT2D eigenvalue weighted by Crippen LogP contribution is 2.24. The maximum absolute atomic E-state index is 4.44. The van der Waals surface area contributed by atoms with Gasteiger partial charge in [-0.25, -0.2) is 4.98 Å². The third-order valence-electron chi connectivity index (χ3n) is 2.72. The predicted octanol–water partition coefficient (Wildman–Crippen LogP) is 2.57. The van der Waals surface area contributed by atoms with Crippen molar-refractivity contribution in [1.82, 2.24) is 14.9 Å². The van der Waals surface area contributed by atoms with Crippen LogP contribution in [0.25, 0.3) is 0 Å². The molecular weight excluding hydrogens is 242 g/mol. The lowest BCUT2D eigenvalue weighted by Crippen LogP contribution is -2.25. The van der Waals surface area contributed by atoms with Gasteiger partial charge in [-0.1, -0.05) is 6.07 Å². The molecule has 0 spiro atoms. The Morgan fingerprint density at radius 3 is 3.06 bits per heavy atom. The number of aryl methyl sites for hydroxylation is 1. The quantitative estimate of drug-likeness (QED) is 0.660. The third kappa shape index (κ3) is 3.00. The first-order chi connectivity index (χ1) is 8.83. The molecule has 0 aromatic carbocycles. The fourth-order valence-corrected chi connectivity index (χ4v) is 2.63. The van der Waals surface area contributed by atoms with Crippen molar-refractivity contribution in [3.63, 3.8) is 0 Å². The maximum Gasteiger partial charge on any atom is 0.131 e. The van der Waals surface area contributed by atoms with Gasteiger partial charge in [0.15, 0.2) is 0 Å². The van der Waals surface area contributed by atoms with Crippen molar-refractivity contribution in [2.24, 2.45) is 7.05 Å². The van der Waals surface area contributed by atoms with E-state index in [-0.39, 0.29) is 6.04 Å². The summed E-state index contributed by atoms with van der Waals surface area (Å²) in [5.74, 6) is 7.03. The molecule has 0 bridgehead atoms. The van der Waals surface area contributed by atoms with Gasteiger partial charge in [0.1, 0.15) is 11.9 Å². The van der Waals surface area contributed by atoms with Crippen LogP contribution in [0.15, 0.2) is 29.9 Å².